The third-order valence-corrected chi connectivity index (χ3v) is 8.04. The number of halogens is 2. The largest absolute Gasteiger partial charge is 0.335 e. The van der Waals surface area contributed by atoms with E-state index in [0.29, 0.717) is 18.0 Å². The van der Waals surface area contributed by atoms with E-state index in [1.54, 1.807) is 4.90 Å². The Labute approximate surface area is 190 Å². The molecule has 2 aromatic carbocycles. The molecular weight excluding hydrogens is 432 g/mol. The van der Waals surface area contributed by atoms with Crippen molar-refractivity contribution >= 4 is 29.4 Å². The Kier molecular flexibility index (Phi) is 5.57. The molecule has 3 amide bonds. The van der Waals surface area contributed by atoms with Crippen molar-refractivity contribution in [2.75, 3.05) is 17.2 Å². The molecule has 0 bridgehead atoms. The average Bonchev–Trinajstić information content (AvgIpc) is 3.33. The summed E-state index contributed by atoms with van der Waals surface area (Å²) in [6, 6.07) is 10.7. The summed E-state index contributed by atoms with van der Waals surface area (Å²) in [7, 11) is 0. The molecule has 168 valence electrons. The van der Waals surface area contributed by atoms with Crippen molar-refractivity contribution in [3.8, 4) is 0 Å². The monoisotopic (exact) mass is 457 g/mol. The summed E-state index contributed by atoms with van der Waals surface area (Å²) < 4.78 is 27.8. The van der Waals surface area contributed by atoms with Crippen molar-refractivity contribution < 1.29 is 18.4 Å². The number of nitrogens with zero attached hydrogens (tertiary/aromatic N) is 2. The van der Waals surface area contributed by atoms with Gasteiger partial charge in [0, 0.05) is 35.5 Å². The molecule has 0 radical (unpaired) electrons. The summed E-state index contributed by atoms with van der Waals surface area (Å²) in [6.07, 6.45) is 5.31. The molecule has 1 aliphatic carbocycles. The molecule has 32 heavy (non-hydrogen) atoms. The van der Waals surface area contributed by atoms with Gasteiger partial charge in [0.15, 0.2) is 4.87 Å². The van der Waals surface area contributed by atoms with Crippen LogP contribution in [-0.4, -0.2) is 35.2 Å². The predicted octanol–water partition coefficient (Wildman–Crippen LogP) is 4.76. The van der Waals surface area contributed by atoms with E-state index in [2.05, 4.69) is 5.32 Å². The number of para-hydroxylation sites is 1. The zero-order valence-electron chi connectivity index (χ0n) is 17.7. The maximum absolute atomic E-state index is 14.4. The standard InChI is InChI=1S/C24H25F2N3O2S/c25-17-11-10-16(20(26)14-17)15-28-21-9-5-4-8-19(21)24(22(28)30)29(12-13-32-24)23(31)27-18-6-2-1-3-7-18/h4-5,8-11,14,18H,1-3,6-7,12-13,15H2,(H,27,31)/t24-/m1/s1. The van der Waals surface area contributed by atoms with E-state index in [0.717, 1.165) is 37.3 Å². The summed E-state index contributed by atoms with van der Waals surface area (Å²) in [5.74, 6) is -0.976. The number of rotatable bonds is 3. The lowest BCUT2D eigenvalue weighted by Crippen LogP contribution is -2.55. The third-order valence-electron chi connectivity index (χ3n) is 6.62. The summed E-state index contributed by atoms with van der Waals surface area (Å²) in [5.41, 5.74) is 1.63. The van der Waals surface area contributed by atoms with Gasteiger partial charge in [0.1, 0.15) is 11.6 Å². The topological polar surface area (TPSA) is 52.7 Å². The number of benzene rings is 2. The molecule has 2 aromatic rings. The normalized spacial score (nSPS) is 23.1. The van der Waals surface area contributed by atoms with Gasteiger partial charge >= 0.3 is 6.03 Å². The van der Waals surface area contributed by atoms with Gasteiger partial charge in [-0.2, -0.15) is 0 Å². The molecule has 3 aliphatic rings. The first-order chi connectivity index (χ1) is 15.5. The number of hydrogen-bond acceptors (Lipinski definition) is 3. The van der Waals surface area contributed by atoms with Crippen LogP contribution in [0.1, 0.15) is 43.2 Å². The summed E-state index contributed by atoms with van der Waals surface area (Å²) in [6.45, 7) is 0.435. The summed E-state index contributed by atoms with van der Waals surface area (Å²) in [5, 5.41) is 3.14. The van der Waals surface area contributed by atoms with Gasteiger partial charge in [-0.25, -0.2) is 13.6 Å². The van der Waals surface area contributed by atoms with Crippen LogP contribution < -0.4 is 10.2 Å². The first-order valence-corrected chi connectivity index (χ1v) is 12.1. The molecule has 0 aromatic heterocycles. The SMILES string of the molecule is O=C(NC1CCCCC1)N1CCS[C@]12C(=O)N(Cc1ccc(F)cc1F)c1ccccc12. The van der Waals surface area contributed by atoms with Crippen LogP contribution >= 0.6 is 11.8 Å². The molecule has 1 N–H and O–H groups in total. The number of thioether (sulfide) groups is 1. The van der Waals surface area contributed by atoms with Crippen LogP contribution in [0.2, 0.25) is 0 Å². The van der Waals surface area contributed by atoms with E-state index < -0.39 is 16.5 Å². The van der Waals surface area contributed by atoms with E-state index in [1.165, 1.54) is 35.2 Å². The molecule has 5 nitrogen and oxygen atoms in total. The Morgan fingerprint density at radius 3 is 2.69 bits per heavy atom. The lowest BCUT2D eigenvalue weighted by atomic mass is 9.95. The van der Waals surface area contributed by atoms with E-state index in [1.807, 2.05) is 24.3 Å². The van der Waals surface area contributed by atoms with E-state index >= 15 is 0 Å². The second-order valence-corrected chi connectivity index (χ2v) is 9.86. The van der Waals surface area contributed by atoms with Crippen LogP contribution in [0.4, 0.5) is 19.3 Å². The summed E-state index contributed by atoms with van der Waals surface area (Å²) >= 11 is 1.44. The van der Waals surface area contributed by atoms with Gasteiger partial charge in [-0.05, 0) is 25.0 Å². The van der Waals surface area contributed by atoms with Gasteiger partial charge in [-0.1, -0.05) is 43.5 Å². The highest BCUT2D eigenvalue weighted by molar-refractivity contribution is 8.01. The number of fused-ring (bicyclic) bond motifs is 2. The van der Waals surface area contributed by atoms with Crippen LogP contribution in [-0.2, 0) is 16.2 Å². The van der Waals surface area contributed by atoms with Crippen molar-refractivity contribution in [3.05, 3.63) is 65.2 Å². The highest BCUT2D eigenvalue weighted by Gasteiger charge is 2.59. The zero-order valence-corrected chi connectivity index (χ0v) is 18.5. The number of anilines is 1. The maximum atomic E-state index is 14.4. The van der Waals surface area contributed by atoms with Gasteiger partial charge < -0.3 is 10.2 Å². The molecule has 0 unspecified atom stereocenters. The van der Waals surface area contributed by atoms with Gasteiger partial charge in [0.05, 0.1) is 12.2 Å². The van der Waals surface area contributed by atoms with Gasteiger partial charge in [0.25, 0.3) is 5.91 Å². The minimum Gasteiger partial charge on any atom is -0.335 e. The molecule has 2 aliphatic heterocycles. The van der Waals surface area contributed by atoms with E-state index in [9.17, 15) is 18.4 Å². The molecule has 2 heterocycles. The molecule has 1 saturated carbocycles. The first kappa shape index (κ1) is 21.2. The molecule has 1 spiro atoms. The minimum atomic E-state index is -1.16. The predicted molar refractivity (Wildman–Crippen MR) is 120 cm³/mol. The number of carbonyl (C=O) groups excluding carboxylic acids is 2. The highest BCUT2D eigenvalue weighted by Crippen LogP contribution is 2.54. The fourth-order valence-electron chi connectivity index (χ4n) is 5.04. The van der Waals surface area contributed by atoms with Crippen molar-refractivity contribution in [3.63, 3.8) is 0 Å². The Balaban J connectivity index is 1.48. The Morgan fingerprint density at radius 1 is 1.12 bits per heavy atom. The van der Waals surface area contributed by atoms with Crippen LogP contribution in [0.5, 0.6) is 0 Å². The fraction of sp³-hybridized carbons (Fsp3) is 0.417. The van der Waals surface area contributed by atoms with Crippen molar-refractivity contribution in [2.24, 2.45) is 0 Å². The van der Waals surface area contributed by atoms with E-state index in [4.69, 9.17) is 0 Å². The maximum Gasteiger partial charge on any atom is 0.319 e. The minimum absolute atomic E-state index is 0.0254. The molecular formula is C24H25F2N3O2S. The second-order valence-electron chi connectivity index (χ2n) is 8.57. The quantitative estimate of drug-likeness (QED) is 0.723. The smallest absolute Gasteiger partial charge is 0.319 e. The lowest BCUT2D eigenvalue weighted by molar-refractivity contribution is -0.123. The fourth-order valence-corrected chi connectivity index (χ4v) is 6.51. The lowest BCUT2D eigenvalue weighted by Gasteiger charge is -2.35. The van der Waals surface area contributed by atoms with Crippen LogP contribution in [0.25, 0.3) is 0 Å². The number of amides is 3. The molecule has 1 atom stereocenters. The number of hydrogen-bond donors (Lipinski definition) is 1. The Hall–Kier alpha value is -2.61. The molecule has 5 rings (SSSR count). The number of nitrogens with one attached hydrogen (secondary N) is 1. The number of carbonyl (C=O) groups is 2. The van der Waals surface area contributed by atoms with Crippen molar-refractivity contribution in [1.82, 2.24) is 10.2 Å². The van der Waals surface area contributed by atoms with Crippen LogP contribution in [0.3, 0.4) is 0 Å². The van der Waals surface area contributed by atoms with Gasteiger partial charge in [0.2, 0.25) is 0 Å². The van der Waals surface area contributed by atoms with Crippen LogP contribution in [0.15, 0.2) is 42.5 Å². The second kappa shape index (κ2) is 8.39. The summed E-state index contributed by atoms with van der Waals surface area (Å²) in [4.78, 5) is 29.2. The molecule has 2 fully saturated rings. The number of urea groups is 1. The van der Waals surface area contributed by atoms with Crippen molar-refractivity contribution in [1.29, 1.82) is 0 Å². The van der Waals surface area contributed by atoms with Crippen LogP contribution in [0, 0.1) is 11.6 Å². The Bertz CT molecular complexity index is 1060. The molecule has 1 saturated heterocycles. The first-order valence-electron chi connectivity index (χ1n) is 11.1. The van der Waals surface area contributed by atoms with Crippen molar-refractivity contribution in [2.45, 2.75) is 49.6 Å². The molecule has 8 heteroatoms. The average molecular weight is 458 g/mol. The highest BCUT2D eigenvalue weighted by atomic mass is 32.2. The van der Waals surface area contributed by atoms with E-state index in [-0.39, 0.29) is 30.1 Å². The van der Waals surface area contributed by atoms with Gasteiger partial charge in [-0.3, -0.25) is 9.69 Å². The Morgan fingerprint density at radius 2 is 1.91 bits per heavy atom. The van der Waals surface area contributed by atoms with Gasteiger partial charge in [-0.15, -0.1) is 11.8 Å². The zero-order chi connectivity index (χ0) is 22.3. The third kappa shape index (κ3) is 3.45.